The first-order valence-corrected chi connectivity index (χ1v) is 16.8. The lowest BCUT2D eigenvalue weighted by Crippen LogP contribution is -2.47. The molecule has 2 aliphatic rings. The number of alkyl halides is 2. The van der Waals surface area contributed by atoms with Crippen LogP contribution < -0.4 is 10.6 Å². The van der Waals surface area contributed by atoms with E-state index in [1.807, 2.05) is 48.5 Å². The fourth-order valence-electron chi connectivity index (χ4n) is 6.66. The number of alkyl carbamates (subject to hydrolysis) is 2. The van der Waals surface area contributed by atoms with E-state index in [-0.39, 0.29) is 25.9 Å². The van der Waals surface area contributed by atoms with E-state index < -0.39 is 60.5 Å². The second-order valence-corrected chi connectivity index (χ2v) is 12.9. The summed E-state index contributed by atoms with van der Waals surface area (Å²) in [4.78, 5) is 67.5. The number of halogens is 2. The number of amides is 4. The van der Waals surface area contributed by atoms with Crippen LogP contribution in [0.1, 0.15) is 50.4 Å². The van der Waals surface area contributed by atoms with E-state index in [9.17, 15) is 28.0 Å². The van der Waals surface area contributed by atoms with Crippen LogP contribution in [-0.2, 0) is 19.1 Å². The van der Waals surface area contributed by atoms with Crippen LogP contribution in [0.15, 0.2) is 60.9 Å². The number of nitrogens with zero attached hydrogens (tertiary/aromatic N) is 4. The number of imidazole rings is 2. The number of nitrogens with one attached hydrogen (secondary N) is 4. The van der Waals surface area contributed by atoms with Crippen molar-refractivity contribution in [2.24, 2.45) is 0 Å². The summed E-state index contributed by atoms with van der Waals surface area (Å²) in [5.74, 6) is 0.0510. The third-order valence-electron chi connectivity index (χ3n) is 9.39. The van der Waals surface area contributed by atoms with E-state index in [0.29, 0.717) is 23.0 Å². The minimum Gasteiger partial charge on any atom is -0.453 e. The van der Waals surface area contributed by atoms with Gasteiger partial charge in [0.25, 0.3) is 0 Å². The van der Waals surface area contributed by atoms with Crippen molar-refractivity contribution in [1.82, 2.24) is 40.4 Å². The molecule has 4 aromatic rings. The van der Waals surface area contributed by atoms with Gasteiger partial charge in [0.2, 0.25) is 11.8 Å². The molecule has 52 heavy (non-hydrogen) atoms. The van der Waals surface area contributed by atoms with E-state index in [1.54, 1.807) is 12.4 Å². The van der Waals surface area contributed by atoms with Crippen molar-refractivity contribution in [2.75, 3.05) is 27.3 Å². The molecule has 4 heterocycles. The van der Waals surface area contributed by atoms with Crippen LogP contribution in [0.25, 0.3) is 33.6 Å². The molecule has 2 aromatic heterocycles. The lowest BCUT2D eigenvalue weighted by Gasteiger charge is -2.26. The summed E-state index contributed by atoms with van der Waals surface area (Å²) in [5, 5.41) is 4.87. The molecule has 2 aliphatic heterocycles. The van der Waals surface area contributed by atoms with Gasteiger partial charge in [-0.3, -0.25) is 9.59 Å². The number of H-pyrrole nitrogens is 2. The summed E-state index contributed by atoms with van der Waals surface area (Å²) < 4.78 is 38.2. The molecule has 0 radical (unpaired) electrons. The Morgan fingerprint density at radius 3 is 1.37 bits per heavy atom. The van der Waals surface area contributed by atoms with Crippen molar-refractivity contribution < 1.29 is 37.4 Å². The third kappa shape index (κ3) is 7.60. The molecule has 4 N–H and O–H groups in total. The maximum atomic E-state index is 14.5. The highest BCUT2D eigenvalue weighted by molar-refractivity contribution is 5.86. The molecule has 4 unspecified atom stereocenters. The van der Waals surface area contributed by atoms with E-state index >= 15 is 0 Å². The van der Waals surface area contributed by atoms with Crippen molar-refractivity contribution >= 4 is 24.0 Å². The van der Waals surface area contributed by atoms with E-state index in [2.05, 4.69) is 40.0 Å². The van der Waals surface area contributed by atoms with Crippen molar-refractivity contribution in [3.05, 3.63) is 72.6 Å². The van der Waals surface area contributed by atoms with Gasteiger partial charge in [-0.05, 0) is 36.1 Å². The third-order valence-corrected chi connectivity index (χ3v) is 9.39. The van der Waals surface area contributed by atoms with Gasteiger partial charge < -0.3 is 39.9 Å². The Morgan fingerprint density at radius 2 is 1.02 bits per heavy atom. The molecule has 6 rings (SSSR count). The fourth-order valence-corrected chi connectivity index (χ4v) is 6.66. The Bertz CT molecular complexity index is 1780. The van der Waals surface area contributed by atoms with Crippen LogP contribution in [0, 0.1) is 0 Å². The predicted octanol–water partition coefficient (Wildman–Crippen LogP) is 4.85. The molecule has 6 atom stereocenters. The van der Waals surface area contributed by atoms with Gasteiger partial charge in [-0.1, -0.05) is 48.5 Å². The maximum absolute atomic E-state index is 14.5. The number of aromatic nitrogens is 4. The number of carbonyl (C=O) groups is 4. The number of carbonyl (C=O) groups excluding carboxylic acids is 4. The number of methoxy groups -OCH3 is 2. The van der Waals surface area contributed by atoms with Gasteiger partial charge in [0.05, 0.1) is 63.2 Å². The molecule has 0 bridgehead atoms. The van der Waals surface area contributed by atoms with Crippen molar-refractivity contribution in [3.63, 3.8) is 0 Å². The Kier molecular flexibility index (Phi) is 10.5. The molecule has 2 fully saturated rings. The van der Waals surface area contributed by atoms with Crippen LogP contribution in [0.4, 0.5) is 18.4 Å². The number of hydrogen-bond donors (Lipinski definition) is 4. The summed E-state index contributed by atoms with van der Waals surface area (Å²) >= 11 is 0. The highest BCUT2D eigenvalue weighted by atomic mass is 19.1. The zero-order chi connectivity index (χ0) is 37.1. The summed E-state index contributed by atoms with van der Waals surface area (Å²) in [6.45, 7) is 2.84. The van der Waals surface area contributed by atoms with Crippen LogP contribution in [0.5, 0.6) is 0 Å². The summed E-state index contributed by atoms with van der Waals surface area (Å²) in [6, 6.07) is 12.6. The van der Waals surface area contributed by atoms with Crippen LogP contribution in [-0.4, -0.2) is 105 Å². The first-order valence-electron chi connectivity index (χ1n) is 16.8. The molecule has 14 nitrogen and oxygen atoms in total. The first-order chi connectivity index (χ1) is 24.9. The molecular weight excluding hydrogens is 678 g/mol. The second-order valence-electron chi connectivity index (χ2n) is 12.9. The number of hydrogen-bond acceptors (Lipinski definition) is 8. The minimum absolute atomic E-state index is 0.0880. The quantitative estimate of drug-likeness (QED) is 0.190. The molecule has 16 heteroatoms. The highest BCUT2D eigenvalue weighted by Gasteiger charge is 2.41. The first kappa shape index (κ1) is 36.0. The topological polar surface area (TPSA) is 175 Å². The second kappa shape index (κ2) is 15.2. The largest absolute Gasteiger partial charge is 0.453 e. The molecule has 0 saturated carbocycles. The van der Waals surface area contributed by atoms with Gasteiger partial charge in [0, 0.05) is 12.8 Å². The smallest absolute Gasteiger partial charge is 0.407 e. The highest BCUT2D eigenvalue weighted by Crippen LogP contribution is 2.36. The van der Waals surface area contributed by atoms with Gasteiger partial charge in [-0.25, -0.2) is 28.3 Å². The Balaban J connectivity index is 1.11. The van der Waals surface area contributed by atoms with Crippen LogP contribution in [0.2, 0.25) is 0 Å². The average Bonchev–Trinajstić information content (AvgIpc) is 3.97. The number of aromatic amines is 2. The van der Waals surface area contributed by atoms with Crippen molar-refractivity contribution in [1.29, 1.82) is 0 Å². The van der Waals surface area contributed by atoms with Crippen molar-refractivity contribution in [2.45, 2.75) is 63.2 Å². The SMILES string of the molecule is COC(=O)N[C@@H](C)C(=O)N1CC(F)CC1c1ncc(-c2ccc(-c3ccc(-c4cnc(C5CC(F)CN5C(=O)[C@H](C)NC(=O)OC)[nH]4)cc3)cc2)[nH]1. The Labute approximate surface area is 298 Å². The molecule has 0 spiro atoms. The van der Waals surface area contributed by atoms with Crippen LogP contribution >= 0.6 is 0 Å². The summed E-state index contributed by atoms with van der Waals surface area (Å²) in [5.41, 5.74) is 5.04. The standard InChI is InChI=1S/C36H40F2N8O6/c1-19(41-35(49)51-3)33(47)45-17-25(37)13-29(45)31-39-15-27(43-31)23-9-5-21(6-10-23)22-7-11-24(12-8-22)28-16-40-32(44-28)30-14-26(38)18-46(30)34(48)20(2)42-36(50)52-4/h5-12,15-16,19-20,25-26,29-30H,13-14,17-18H2,1-4H3,(H,39,43)(H,40,44)(H,41,49)(H,42,50)/t19-,20-,25?,26?,29?,30?/m0/s1. The normalized spacial score (nSPS) is 21.0. The maximum Gasteiger partial charge on any atom is 0.407 e. The molecule has 274 valence electrons. The summed E-state index contributed by atoms with van der Waals surface area (Å²) in [7, 11) is 2.40. The monoisotopic (exact) mass is 718 g/mol. The summed E-state index contributed by atoms with van der Waals surface area (Å²) in [6.07, 6.45) is -0.466. The zero-order valence-corrected chi connectivity index (χ0v) is 29.1. The van der Waals surface area contributed by atoms with E-state index in [4.69, 9.17) is 0 Å². The molecule has 2 saturated heterocycles. The van der Waals surface area contributed by atoms with E-state index in [1.165, 1.54) is 37.9 Å². The van der Waals surface area contributed by atoms with Crippen LogP contribution in [0.3, 0.4) is 0 Å². The number of ether oxygens (including phenoxy) is 2. The minimum atomic E-state index is -1.22. The lowest BCUT2D eigenvalue weighted by atomic mass is 10.0. The average molecular weight is 719 g/mol. The molecule has 2 aromatic carbocycles. The molecule has 4 amide bonds. The fraction of sp³-hybridized carbons (Fsp3) is 0.389. The Hall–Kier alpha value is -5.80. The predicted molar refractivity (Wildman–Crippen MR) is 185 cm³/mol. The number of rotatable bonds is 9. The lowest BCUT2D eigenvalue weighted by molar-refractivity contribution is -0.134. The van der Waals surface area contributed by atoms with Gasteiger partial charge in [0.15, 0.2) is 0 Å². The number of likely N-dealkylation sites (tertiary alicyclic amines) is 2. The van der Waals surface area contributed by atoms with Gasteiger partial charge >= 0.3 is 12.2 Å². The van der Waals surface area contributed by atoms with Gasteiger partial charge in [-0.15, -0.1) is 0 Å². The van der Waals surface area contributed by atoms with Gasteiger partial charge in [0.1, 0.15) is 36.1 Å². The van der Waals surface area contributed by atoms with Crippen molar-refractivity contribution in [3.8, 4) is 33.6 Å². The number of benzene rings is 2. The van der Waals surface area contributed by atoms with Gasteiger partial charge in [-0.2, -0.15) is 0 Å². The Morgan fingerprint density at radius 1 is 0.673 bits per heavy atom. The van der Waals surface area contributed by atoms with E-state index in [0.717, 1.165) is 22.3 Å². The molecule has 0 aliphatic carbocycles. The zero-order valence-electron chi connectivity index (χ0n) is 29.1. The molecular formula is C36H40F2N8O6.